The number of nitrogens with one attached hydrogen (secondary N) is 1. The number of nitrogens with zero attached hydrogens (tertiary/aromatic N) is 3. The summed E-state index contributed by atoms with van der Waals surface area (Å²) in [7, 11) is 0. The SMILES string of the molecule is Cc1cnc(C)c(NCCc2c(C)noc2C)n1. The first-order valence-electron chi connectivity index (χ1n) is 6.04. The Hall–Kier alpha value is -1.91. The van der Waals surface area contributed by atoms with Crippen LogP contribution < -0.4 is 5.32 Å². The molecule has 0 atom stereocenters. The molecule has 2 rings (SSSR count). The van der Waals surface area contributed by atoms with Gasteiger partial charge in [0, 0.05) is 18.3 Å². The number of aryl methyl sites for hydroxylation is 4. The molecular weight excluding hydrogens is 228 g/mol. The second kappa shape index (κ2) is 5.16. The molecule has 0 aliphatic carbocycles. The lowest BCUT2D eigenvalue weighted by Crippen LogP contribution is -2.09. The molecule has 0 bridgehead atoms. The van der Waals surface area contributed by atoms with Crippen LogP contribution in [0.25, 0.3) is 0 Å². The lowest BCUT2D eigenvalue weighted by Gasteiger charge is -2.08. The third kappa shape index (κ3) is 2.67. The topological polar surface area (TPSA) is 63.8 Å². The fourth-order valence-corrected chi connectivity index (χ4v) is 1.87. The van der Waals surface area contributed by atoms with Gasteiger partial charge in [0.15, 0.2) is 0 Å². The zero-order chi connectivity index (χ0) is 13.1. The molecule has 2 heterocycles. The second-order valence-electron chi connectivity index (χ2n) is 4.42. The summed E-state index contributed by atoms with van der Waals surface area (Å²) in [6.07, 6.45) is 2.64. The standard InChI is InChI=1S/C13H18N4O/c1-8-7-15-10(3)13(16-8)14-6-5-12-9(2)17-18-11(12)4/h7H,5-6H2,1-4H3,(H,14,16). The summed E-state index contributed by atoms with van der Waals surface area (Å²) in [5.74, 6) is 1.74. The van der Waals surface area contributed by atoms with Gasteiger partial charge in [0.1, 0.15) is 11.6 Å². The van der Waals surface area contributed by atoms with Gasteiger partial charge in [-0.05, 0) is 34.1 Å². The van der Waals surface area contributed by atoms with Crippen molar-refractivity contribution in [2.75, 3.05) is 11.9 Å². The summed E-state index contributed by atoms with van der Waals surface area (Å²) in [6.45, 7) is 8.58. The summed E-state index contributed by atoms with van der Waals surface area (Å²) in [4.78, 5) is 8.70. The van der Waals surface area contributed by atoms with E-state index in [0.29, 0.717) is 0 Å². The minimum atomic E-state index is 0.794. The summed E-state index contributed by atoms with van der Waals surface area (Å²) in [6, 6.07) is 0. The van der Waals surface area contributed by atoms with Crippen LogP contribution in [0.2, 0.25) is 0 Å². The van der Waals surface area contributed by atoms with Crippen LogP contribution in [-0.2, 0) is 6.42 Å². The van der Waals surface area contributed by atoms with Crippen LogP contribution in [0, 0.1) is 27.7 Å². The summed E-state index contributed by atoms with van der Waals surface area (Å²) in [5.41, 5.74) is 3.96. The molecule has 0 saturated carbocycles. The van der Waals surface area contributed by atoms with Gasteiger partial charge in [0.25, 0.3) is 0 Å². The summed E-state index contributed by atoms with van der Waals surface area (Å²) < 4.78 is 5.14. The maximum Gasteiger partial charge on any atom is 0.147 e. The third-order valence-electron chi connectivity index (χ3n) is 2.92. The third-order valence-corrected chi connectivity index (χ3v) is 2.92. The molecule has 0 saturated heterocycles. The molecule has 0 aliphatic heterocycles. The molecule has 2 aromatic rings. The van der Waals surface area contributed by atoms with Gasteiger partial charge in [0.2, 0.25) is 0 Å². The average Bonchev–Trinajstić information content (AvgIpc) is 2.65. The van der Waals surface area contributed by atoms with Crippen LogP contribution in [-0.4, -0.2) is 21.7 Å². The summed E-state index contributed by atoms with van der Waals surface area (Å²) >= 11 is 0. The Labute approximate surface area is 107 Å². The highest BCUT2D eigenvalue weighted by atomic mass is 16.5. The molecule has 0 amide bonds. The highest BCUT2D eigenvalue weighted by Crippen LogP contribution is 2.14. The van der Waals surface area contributed by atoms with E-state index in [9.17, 15) is 0 Å². The lowest BCUT2D eigenvalue weighted by atomic mass is 10.1. The first-order valence-corrected chi connectivity index (χ1v) is 6.04. The Bertz CT molecular complexity index is 528. The highest BCUT2D eigenvalue weighted by Gasteiger charge is 2.08. The Balaban J connectivity index is 1.98. The zero-order valence-corrected chi connectivity index (χ0v) is 11.2. The van der Waals surface area contributed by atoms with Crippen molar-refractivity contribution in [3.8, 4) is 0 Å². The van der Waals surface area contributed by atoms with Crippen LogP contribution in [0.15, 0.2) is 10.7 Å². The molecule has 96 valence electrons. The number of anilines is 1. The van der Waals surface area contributed by atoms with Crippen molar-refractivity contribution < 1.29 is 4.52 Å². The van der Waals surface area contributed by atoms with E-state index in [1.165, 1.54) is 5.56 Å². The maximum absolute atomic E-state index is 5.14. The predicted molar refractivity (Wildman–Crippen MR) is 69.7 cm³/mol. The molecule has 0 spiro atoms. The largest absolute Gasteiger partial charge is 0.368 e. The minimum absolute atomic E-state index is 0.794. The van der Waals surface area contributed by atoms with Crippen LogP contribution in [0.5, 0.6) is 0 Å². The molecule has 0 fully saturated rings. The smallest absolute Gasteiger partial charge is 0.147 e. The highest BCUT2D eigenvalue weighted by molar-refractivity contribution is 5.39. The quantitative estimate of drug-likeness (QED) is 0.897. The fourth-order valence-electron chi connectivity index (χ4n) is 1.87. The van der Waals surface area contributed by atoms with Gasteiger partial charge in [-0.3, -0.25) is 4.98 Å². The zero-order valence-electron chi connectivity index (χ0n) is 11.2. The fraction of sp³-hybridized carbons (Fsp3) is 0.462. The van der Waals surface area contributed by atoms with Crippen LogP contribution in [0.3, 0.4) is 0 Å². The van der Waals surface area contributed by atoms with Gasteiger partial charge >= 0.3 is 0 Å². The molecule has 1 N–H and O–H groups in total. The van der Waals surface area contributed by atoms with Gasteiger partial charge in [-0.1, -0.05) is 5.16 Å². The number of aromatic nitrogens is 3. The molecule has 2 aromatic heterocycles. The molecule has 0 aromatic carbocycles. The first-order chi connectivity index (χ1) is 8.58. The van der Waals surface area contributed by atoms with E-state index in [4.69, 9.17) is 4.52 Å². The van der Waals surface area contributed by atoms with Crippen molar-refractivity contribution >= 4 is 5.82 Å². The van der Waals surface area contributed by atoms with Gasteiger partial charge in [-0.25, -0.2) is 4.98 Å². The van der Waals surface area contributed by atoms with E-state index >= 15 is 0 Å². The molecule has 5 heteroatoms. The van der Waals surface area contributed by atoms with Gasteiger partial charge in [-0.15, -0.1) is 0 Å². The Morgan fingerprint density at radius 1 is 1.17 bits per heavy atom. The van der Waals surface area contributed by atoms with Crippen molar-refractivity contribution in [3.63, 3.8) is 0 Å². The molecule has 18 heavy (non-hydrogen) atoms. The van der Waals surface area contributed by atoms with Crippen molar-refractivity contribution in [2.24, 2.45) is 0 Å². The molecule has 0 unspecified atom stereocenters. The lowest BCUT2D eigenvalue weighted by molar-refractivity contribution is 0.392. The number of rotatable bonds is 4. The van der Waals surface area contributed by atoms with E-state index in [2.05, 4.69) is 20.4 Å². The van der Waals surface area contributed by atoms with Gasteiger partial charge in [0.05, 0.1) is 17.1 Å². The maximum atomic E-state index is 5.14. The van der Waals surface area contributed by atoms with Gasteiger partial charge < -0.3 is 9.84 Å². The average molecular weight is 246 g/mol. The van der Waals surface area contributed by atoms with E-state index in [0.717, 1.165) is 41.6 Å². The molecule has 0 aliphatic rings. The van der Waals surface area contributed by atoms with E-state index in [1.54, 1.807) is 6.20 Å². The molecule has 0 radical (unpaired) electrons. The number of hydrogen-bond donors (Lipinski definition) is 1. The normalized spacial score (nSPS) is 10.7. The first kappa shape index (κ1) is 12.5. The van der Waals surface area contributed by atoms with Crippen molar-refractivity contribution in [2.45, 2.75) is 34.1 Å². The Kier molecular flexibility index (Phi) is 3.60. The van der Waals surface area contributed by atoms with Crippen LogP contribution in [0.4, 0.5) is 5.82 Å². The van der Waals surface area contributed by atoms with Gasteiger partial charge in [-0.2, -0.15) is 0 Å². The van der Waals surface area contributed by atoms with Crippen LogP contribution >= 0.6 is 0 Å². The predicted octanol–water partition coefficient (Wildman–Crippen LogP) is 2.35. The number of hydrogen-bond acceptors (Lipinski definition) is 5. The molecular formula is C13H18N4O. The van der Waals surface area contributed by atoms with Crippen molar-refractivity contribution in [3.05, 3.63) is 34.6 Å². The monoisotopic (exact) mass is 246 g/mol. The minimum Gasteiger partial charge on any atom is -0.368 e. The second-order valence-corrected chi connectivity index (χ2v) is 4.42. The van der Waals surface area contributed by atoms with Crippen molar-refractivity contribution in [1.29, 1.82) is 0 Å². The van der Waals surface area contributed by atoms with E-state index in [1.807, 2.05) is 27.7 Å². The molecule has 5 nitrogen and oxygen atoms in total. The van der Waals surface area contributed by atoms with Crippen LogP contribution in [0.1, 0.15) is 28.4 Å². The Morgan fingerprint density at radius 2 is 1.94 bits per heavy atom. The Morgan fingerprint density at radius 3 is 2.61 bits per heavy atom. The van der Waals surface area contributed by atoms with E-state index < -0.39 is 0 Å². The van der Waals surface area contributed by atoms with Crippen molar-refractivity contribution in [1.82, 2.24) is 15.1 Å². The van der Waals surface area contributed by atoms with E-state index in [-0.39, 0.29) is 0 Å². The summed E-state index contributed by atoms with van der Waals surface area (Å²) in [5, 5.41) is 7.25.